The molecule has 0 bridgehead atoms. The second-order valence-electron chi connectivity index (χ2n) is 8.48. The Hall–Kier alpha value is -4.57. The van der Waals surface area contributed by atoms with Crippen molar-refractivity contribution < 1.29 is 14.3 Å². The van der Waals surface area contributed by atoms with Gasteiger partial charge >= 0.3 is 0 Å². The normalized spacial score (nSPS) is 11.3. The van der Waals surface area contributed by atoms with Gasteiger partial charge in [0.05, 0.1) is 35.7 Å². The van der Waals surface area contributed by atoms with Gasteiger partial charge in [0.2, 0.25) is 0 Å². The van der Waals surface area contributed by atoms with Gasteiger partial charge in [-0.1, -0.05) is 47.6 Å². The van der Waals surface area contributed by atoms with Gasteiger partial charge in [0.15, 0.2) is 11.5 Å². The number of anilines is 2. The first-order chi connectivity index (χ1) is 17.5. The minimum absolute atomic E-state index is 0.0124. The molecule has 0 amide bonds. The van der Waals surface area contributed by atoms with Crippen LogP contribution in [0.25, 0.3) is 10.9 Å². The Morgan fingerprint density at radius 2 is 1.81 bits per heavy atom. The van der Waals surface area contributed by atoms with Gasteiger partial charge in [-0.2, -0.15) is 5.26 Å². The molecule has 0 saturated heterocycles. The summed E-state index contributed by atoms with van der Waals surface area (Å²) in [5, 5.41) is 18.1. The highest BCUT2D eigenvalue weighted by Gasteiger charge is 2.15. The summed E-state index contributed by atoms with van der Waals surface area (Å²) in [5.41, 5.74) is 5.37. The van der Waals surface area contributed by atoms with Crippen LogP contribution in [0.1, 0.15) is 37.5 Å². The Morgan fingerprint density at radius 3 is 2.47 bits per heavy atom. The molecule has 3 aromatic carbocycles. The van der Waals surface area contributed by atoms with Gasteiger partial charge in [-0.25, -0.2) is 0 Å². The fraction of sp³-hybridized carbons (Fsp3) is 0.207. The molecule has 1 N–H and O–H groups in total. The number of hydrogen-bond donors (Lipinski definition) is 1. The van der Waals surface area contributed by atoms with Crippen molar-refractivity contribution in [3.05, 3.63) is 89.6 Å². The van der Waals surface area contributed by atoms with Crippen LogP contribution in [0.2, 0.25) is 0 Å². The number of nitrogens with zero attached hydrogens (tertiary/aromatic N) is 3. The molecule has 0 spiro atoms. The summed E-state index contributed by atoms with van der Waals surface area (Å²) in [5.74, 6) is 1.19. The smallest absolute Gasteiger partial charge is 0.163 e. The number of nitriles is 1. The van der Waals surface area contributed by atoms with E-state index in [-0.39, 0.29) is 6.10 Å². The highest BCUT2D eigenvalue weighted by molar-refractivity contribution is 5.99. The maximum Gasteiger partial charge on any atom is 0.163 e. The van der Waals surface area contributed by atoms with Gasteiger partial charge in [0.1, 0.15) is 12.7 Å². The summed E-state index contributed by atoms with van der Waals surface area (Å²) in [6.07, 6.45) is 1.55. The summed E-state index contributed by atoms with van der Waals surface area (Å²) >= 11 is 0. The fourth-order valence-corrected chi connectivity index (χ4v) is 3.69. The van der Waals surface area contributed by atoms with E-state index in [1.807, 2.05) is 87.5 Å². The molecule has 0 atom stereocenters. The molecule has 0 aliphatic rings. The molecule has 0 fully saturated rings. The van der Waals surface area contributed by atoms with Crippen LogP contribution >= 0.6 is 0 Å². The molecule has 182 valence electrons. The number of rotatable bonds is 9. The van der Waals surface area contributed by atoms with E-state index in [2.05, 4.69) is 21.5 Å². The SMILES string of the molecule is COc1cc2c(Nc3ccc(/C(C)=N/OCc4ccccc4)cc3)c(C#N)cnc2cc1OC(C)C. The third-order valence-corrected chi connectivity index (χ3v) is 5.48. The minimum Gasteiger partial charge on any atom is -0.493 e. The number of benzene rings is 3. The molecule has 1 aromatic heterocycles. The predicted molar refractivity (Wildman–Crippen MR) is 142 cm³/mol. The number of nitrogens with one attached hydrogen (secondary N) is 1. The quantitative estimate of drug-likeness (QED) is 0.215. The standard InChI is InChI=1S/C29H28N4O3/c1-19(2)36-28-15-26-25(14-27(28)34-4)29(23(16-30)17-31-26)32-24-12-10-22(11-13-24)20(3)33-35-18-21-8-6-5-7-9-21/h5-15,17,19H,18H2,1-4H3,(H,31,32)/b33-20+. The van der Waals surface area contributed by atoms with Crippen LogP contribution in [-0.2, 0) is 11.4 Å². The highest BCUT2D eigenvalue weighted by Crippen LogP contribution is 2.37. The molecule has 4 aromatic rings. The van der Waals surface area contributed by atoms with Crippen LogP contribution < -0.4 is 14.8 Å². The largest absolute Gasteiger partial charge is 0.493 e. The topological polar surface area (TPSA) is 88.8 Å². The van der Waals surface area contributed by atoms with Crippen molar-refractivity contribution in [3.63, 3.8) is 0 Å². The molecular formula is C29H28N4O3. The zero-order chi connectivity index (χ0) is 25.5. The number of fused-ring (bicyclic) bond motifs is 1. The lowest BCUT2D eigenvalue weighted by atomic mass is 10.1. The average Bonchev–Trinajstić information content (AvgIpc) is 2.89. The minimum atomic E-state index is -0.0124. The Bertz CT molecular complexity index is 1410. The molecule has 0 aliphatic heterocycles. The maximum atomic E-state index is 9.72. The summed E-state index contributed by atoms with van der Waals surface area (Å²) in [7, 11) is 1.59. The Kier molecular flexibility index (Phi) is 7.66. The zero-order valence-corrected chi connectivity index (χ0v) is 20.8. The Morgan fingerprint density at radius 1 is 1.06 bits per heavy atom. The lowest BCUT2D eigenvalue weighted by molar-refractivity contribution is 0.130. The molecule has 7 nitrogen and oxygen atoms in total. The van der Waals surface area contributed by atoms with E-state index in [1.54, 1.807) is 13.3 Å². The number of ether oxygens (including phenoxy) is 2. The third-order valence-electron chi connectivity index (χ3n) is 5.48. The highest BCUT2D eigenvalue weighted by atomic mass is 16.6. The molecule has 0 aliphatic carbocycles. The molecule has 0 unspecified atom stereocenters. The van der Waals surface area contributed by atoms with Crippen molar-refractivity contribution in [2.45, 2.75) is 33.5 Å². The van der Waals surface area contributed by atoms with Crippen LogP contribution in [0.4, 0.5) is 11.4 Å². The number of oxime groups is 1. The summed E-state index contributed by atoms with van der Waals surface area (Å²) in [6.45, 7) is 6.22. The van der Waals surface area contributed by atoms with Gasteiger partial charge in [-0.3, -0.25) is 4.98 Å². The third kappa shape index (κ3) is 5.73. The van der Waals surface area contributed by atoms with Gasteiger partial charge in [-0.15, -0.1) is 0 Å². The molecule has 36 heavy (non-hydrogen) atoms. The van der Waals surface area contributed by atoms with Crippen LogP contribution in [0.5, 0.6) is 11.5 Å². The second-order valence-corrected chi connectivity index (χ2v) is 8.48. The van der Waals surface area contributed by atoms with E-state index >= 15 is 0 Å². The molecular weight excluding hydrogens is 452 g/mol. The summed E-state index contributed by atoms with van der Waals surface area (Å²) in [6, 6.07) is 23.6. The number of pyridine rings is 1. The zero-order valence-electron chi connectivity index (χ0n) is 20.8. The van der Waals surface area contributed by atoms with Crippen LogP contribution in [0.3, 0.4) is 0 Å². The van der Waals surface area contributed by atoms with E-state index in [0.717, 1.165) is 27.9 Å². The predicted octanol–water partition coefficient (Wildman–Crippen LogP) is 6.59. The van der Waals surface area contributed by atoms with Crippen molar-refractivity contribution >= 4 is 28.0 Å². The van der Waals surface area contributed by atoms with Gasteiger partial charge < -0.3 is 19.6 Å². The molecule has 4 rings (SSSR count). The monoisotopic (exact) mass is 480 g/mol. The van der Waals surface area contributed by atoms with Crippen molar-refractivity contribution in [2.24, 2.45) is 5.16 Å². The van der Waals surface area contributed by atoms with E-state index in [1.165, 1.54) is 0 Å². The van der Waals surface area contributed by atoms with Crippen LogP contribution in [0, 0.1) is 11.3 Å². The Labute approximate surface area is 210 Å². The fourth-order valence-electron chi connectivity index (χ4n) is 3.69. The van der Waals surface area contributed by atoms with E-state index < -0.39 is 0 Å². The second kappa shape index (κ2) is 11.2. The van der Waals surface area contributed by atoms with Crippen LogP contribution in [-0.4, -0.2) is 23.9 Å². The van der Waals surface area contributed by atoms with Gasteiger partial charge in [-0.05, 0) is 50.1 Å². The molecule has 0 radical (unpaired) electrons. The van der Waals surface area contributed by atoms with E-state index in [0.29, 0.717) is 34.9 Å². The lowest BCUT2D eigenvalue weighted by Crippen LogP contribution is -2.07. The van der Waals surface area contributed by atoms with E-state index in [9.17, 15) is 5.26 Å². The van der Waals surface area contributed by atoms with Gasteiger partial charge in [0.25, 0.3) is 0 Å². The van der Waals surface area contributed by atoms with Crippen LogP contribution in [0.15, 0.2) is 78.1 Å². The van der Waals surface area contributed by atoms with Crippen molar-refractivity contribution in [1.29, 1.82) is 5.26 Å². The van der Waals surface area contributed by atoms with Crippen molar-refractivity contribution in [1.82, 2.24) is 4.98 Å². The lowest BCUT2D eigenvalue weighted by Gasteiger charge is -2.17. The summed E-state index contributed by atoms with van der Waals surface area (Å²) < 4.78 is 11.4. The first-order valence-corrected chi connectivity index (χ1v) is 11.6. The number of aromatic nitrogens is 1. The Balaban J connectivity index is 1.57. The number of methoxy groups -OCH3 is 1. The maximum absolute atomic E-state index is 9.72. The van der Waals surface area contributed by atoms with Crippen molar-refractivity contribution in [3.8, 4) is 17.6 Å². The van der Waals surface area contributed by atoms with E-state index in [4.69, 9.17) is 14.3 Å². The van der Waals surface area contributed by atoms with Crippen molar-refractivity contribution in [2.75, 3.05) is 12.4 Å². The first kappa shape index (κ1) is 24.6. The molecule has 0 saturated carbocycles. The van der Waals surface area contributed by atoms with Gasteiger partial charge in [0, 0.05) is 23.3 Å². The number of hydrogen-bond acceptors (Lipinski definition) is 7. The average molecular weight is 481 g/mol. The first-order valence-electron chi connectivity index (χ1n) is 11.6. The summed E-state index contributed by atoms with van der Waals surface area (Å²) in [4.78, 5) is 9.96. The molecule has 1 heterocycles. The molecule has 7 heteroatoms.